The summed E-state index contributed by atoms with van der Waals surface area (Å²) in [6, 6.07) is 5.20. The standard InChI is InChI=1S/C7H3BrINO/c8-5-1-4(3-10)2-6(9)7(5)11/h1-2,11H. The maximum absolute atomic E-state index is 9.26. The Kier molecular flexibility index (Phi) is 2.73. The Labute approximate surface area is 86.1 Å². The van der Waals surface area contributed by atoms with Crippen LogP contribution >= 0.6 is 38.5 Å². The smallest absolute Gasteiger partial charge is 0.143 e. The van der Waals surface area contributed by atoms with Crippen molar-refractivity contribution < 1.29 is 5.11 Å². The molecule has 4 heteroatoms. The van der Waals surface area contributed by atoms with E-state index in [1.165, 1.54) is 0 Å². The van der Waals surface area contributed by atoms with E-state index in [0.717, 1.165) is 0 Å². The van der Waals surface area contributed by atoms with Gasteiger partial charge in [-0.15, -0.1) is 0 Å². The zero-order valence-corrected chi connectivity index (χ0v) is 9.05. The molecular formula is C7H3BrINO. The maximum atomic E-state index is 9.26. The number of hydrogen-bond acceptors (Lipinski definition) is 2. The van der Waals surface area contributed by atoms with Gasteiger partial charge in [-0.3, -0.25) is 0 Å². The molecule has 0 aromatic heterocycles. The van der Waals surface area contributed by atoms with E-state index in [9.17, 15) is 5.11 Å². The van der Waals surface area contributed by atoms with Crippen LogP contribution < -0.4 is 0 Å². The highest BCUT2D eigenvalue weighted by molar-refractivity contribution is 14.1. The van der Waals surface area contributed by atoms with Crippen LogP contribution in [0.3, 0.4) is 0 Å². The molecule has 0 saturated heterocycles. The molecule has 0 aliphatic rings. The Hall–Kier alpha value is -0.280. The molecule has 0 fully saturated rings. The van der Waals surface area contributed by atoms with E-state index in [-0.39, 0.29) is 5.75 Å². The predicted octanol–water partition coefficient (Wildman–Crippen LogP) is 2.63. The summed E-state index contributed by atoms with van der Waals surface area (Å²) in [5.41, 5.74) is 0.541. The first-order valence-electron chi connectivity index (χ1n) is 2.73. The molecule has 0 amide bonds. The van der Waals surface area contributed by atoms with Gasteiger partial charge in [0.1, 0.15) is 5.75 Å². The van der Waals surface area contributed by atoms with Crippen molar-refractivity contribution in [2.24, 2.45) is 0 Å². The fraction of sp³-hybridized carbons (Fsp3) is 0. The largest absolute Gasteiger partial charge is 0.506 e. The Morgan fingerprint density at radius 3 is 2.64 bits per heavy atom. The minimum absolute atomic E-state index is 0.185. The van der Waals surface area contributed by atoms with Crippen molar-refractivity contribution in [3.05, 3.63) is 25.7 Å². The van der Waals surface area contributed by atoms with E-state index in [4.69, 9.17) is 5.26 Å². The monoisotopic (exact) mass is 323 g/mol. The Bertz CT molecular complexity index is 309. The van der Waals surface area contributed by atoms with Gasteiger partial charge in [-0.2, -0.15) is 5.26 Å². The van der Waals surface area contributed by atoms with Crippen molar-refractivity contribution in [3.63, 3.8) is 0 Å². The zero-order chi connectivity index (χ0) is 8.43. The van der Waals surface area contributed by atoms with E-state index in [0.29, 0.717) is 13.6 Å². The molecule has 1 aromatic rings. The first kappa shape index (κ1) is 8.81. The lowest BCUT2D eigenvalue weighted by atomic mass is 10.2. The third kappa shape index (κ3) is 1.84. The number of nitrogens with zero attached hydrogens (tertiary/aromatic N) is 1. The Morgan fingerprint density at radius 1 is 1.55 bits per heavy atom. The van der Waals surface area contributed by atoms with Gasteiger partial charge in [0.2, 0.25) is 0 Å². The van der Waals surface area contributed by atoms with Crippen molar-refractivity contribution in [3.8, 4) is 11.8 Å². The second-order valence-corrected chi connectivity index (χ2v) is 3.92. The lowest BCUT2D eigenvalue weighted by Gasteiger charge is -1.99. The van der Waals surface area contributed by atoms with Gasteiger partial charge < -0.3 is 5.11 Å². The van der Waals surface area contributed by atoms with Gasteiger partial charge in [-0.1, -0.05) is 0 Å². The van der Waals surface area contributed by atoms with Gasteiger partial charge in [0, 0.05) is 0 Å². The summed E-state index contributed by atoms with van der Waals surface area (Å²) in [5.74, 6) is 0.185. The number of phenols is 1. The van der Waals surface area contributed by atoms with E-state index >= 15 is 0 Å². The molecule has 0 bridgehead atoms. The fourth-order valence-electron chi connectivity index (χ4n) is 0.630. The zero-order valence-electron chi connectivity index (χ0n) is 5.31. The average Bonchev–Trinajstić information content (AvgIpc) is 1.99. The number of phenolic OH excluding ortho intramolecular Hbond substituents is 1. The lowest BCUT2D eigenvalue weighted by molar-refractivity contribution is 0.468. The first-order chi connectivity index (χ1) is 5.15. The van der Waals surface area contributed by atoms with Gasteiger partial charge in [0.25, 0.3) is 0 Å². The molecule has 0 heterocycles. The minimum Gasteiger partial charge on any atom is -0.506 e. The van der Waals surface area contributed by atoms with Crippen LogP contribution in [-0.4, -0.2) is 5.11 Å². The summed E-state index contributed by atoms with van der Waals surface area (Å²) >= 11 is 5.10. The van der Waals surface area contributed by atoms with E-state index in [1.54, 1.807) is 12.1 Å². The summed E-state index contributed by atoms with van der Waals surface area (Å²) in [5, 5.41) is 17.8. The third-order valence-electron chi connectivity index (χ3n) is 1.15. The fourth-order valence-corrected chi connectivity index (χ4v) is 2.09. The van der Waals surface area contributed by atoms with Crippen molar-refractivity contribution in [2.75, 3.05) is 0 Å². The van der Waals surface area contributed by atoms with Crippen LogP contribution in [0.15, 0.2) is 16.6 Å². The molecule has 0 aliphatic carbocycles. The third-order valence-corrected chi connectivity index (χ3v) is 2.57. The van der Waals surface area contributed by atoms with Crippen LogP contribution in [0.2, 0.25) is 0 Å². The summed E-state index contributed by atoms with van der Waals surface area (Å²) < 4.78 is 1.23. The summed E-state index contributed by atoms with van der Waals surface area (Å²) in [7, 11) is 0. The molecular weight excluding hydrogens is 321 g/mol. The van der Waals surface area contributed by atoms with E-state index in [1.807, 2.05) is 28.7 Å². The molecule has 0 unspecified atom stereocenters. The summed E-state index contributed by atoms with van der Waals surface area (Å²) in [6.07, 6.45) is 0. The highest BCUT2D eigenvalue weighted by Crippen LogP contribution is 2.29. The van der Waals surface area contributed by atoms with Crippen molar-refractivity contribution in [1.29, 1.82) is 5.26 Å². The van der Waals surface area contributed by atoms with Crippen LogP contribution in [0, 0.1) is 14.9 Å². The SMILES string of the molecule is N#Cc1cc(Br)c(O)c(I)c1. The molecule has 0 radical (unpaired) electrons. The van der Waals surface area contributed by atoms with Gasteiger partial charge in [-0.25, -0.2) is 0 Å². The number of rotatable bonds is 0. The number of halogens is 2. The Balaban J connectivity index is 3.35. The Morgan fingerprint density at radius 2 is 2.18 bits per heavy atom. The average molecular weight is 324 g/mol. The number of benzene rings is 1. The first-order valence-corrected chi connectivity index (χ1v) is 4.60. The molecule has 0 saturated carbocycles. The van der Waals surface area contributed by atoms with Crippen LogP contribution in [-0.2, 0) is 0 Å². The molecule has 1 aromatic carbocycles. The van der Waals surface area contributed by atoms with Crippen LogP contribution in [0.1, 0.15) is 5.56 Å². The molecule has 1 N–H and O–H groups in total. The van der Waals surface area contributed by atoms with Gasteiger partial charge in [0.15, 0.2) is 0 Å². The molecule has 56 valence electrons. The van der Waals surface area contributed by atoms with Crippen molar-refractivity contribution in [2.45, 2.75) is 0 Å². The number of aromatic hydroxyl groups is 1. The second kappa shape index (κ2) is 3.41. The van der Waals surface area contributed by atoms with Crippen molar-refractivity contribution >= 4 is 38.5 Å². The van der Waals surface area contributed by atoms with Gasteiger partial charge in [0.05, 0.1) is 19.7 Å². The van der Waals surface area contributed by atoms with Gasteiger partial charge in [-0.05, 0) is 50.7 Å². The topological polar surface area (TPSA) is 44.0 Å². The molecule has 11 heavy (non-hydrogen) atoms. The highest BCUT2D eigenvalue weighted by Gasteiger charge is 2.04. The molecule has 2 nitrogen and oxygen atoms in total. The number of nitriles is 1. The quantitative estimate of drug-likeness (QED) is 0.746. The molecule has 0 atom stereocenters. The van der Waals surface area contributed by atoms with Gasteiger partial charge >= 0.3 is 0 Å². The summed E-state index contributed by atoms with van der Waals surface area (Å²) in [6.45, 7) is 0. The minimum atomic E-state index is 0.185. The molecule has 0 spiro atoms. The summed E-state index contributed by atoms with van der Waals surface area (Å²) in [4.78, 5) is 0. The normalized spacial score (nSPS) is 9.18. The van der Waals surface area contributed by atoms with E-state index < -0.39 is 0 Å². The van der Waals surface area contributed by atoms with Crippen LogP contribution in [0.4, 0.5) is 0 Å². The molecule has 0 aliphatic heterocycles. The molecule has 1 rings (SSSR count). The second-order valence-electron chi connectivity index (χ2n) is 1.90. The lowest BCUT2D eigenvalue weighted by Crippen LogP contribution is -1.79. The maximum Gasteiger partial charge on any atom is 0.143 e. The number of hydrogen-bond donors (Lipinski definition) is 1. The van der Waals surface area contributed by atoms with Crippen molar-refractivity contribution in [1.82, 2.24) is 0 Å². The van der Waals surface area contributed by atoms with E-state index in [2.05, 4.69) is 15.9 Å². The highest BCUT2D eigenvalue weighted by atomic mass is 127. The predicted molar refractivity (Wildman–Crippen MR) is 53.2 cm³/mol. The van der Waals surface area contributed by atoms with Crippen LogP contribution in [0.25, 0.3) is 0 Å². The van der Waals surface area contributed by atoms with Crippen LogP contribution in [0.5, 0.6) is 5.75 Å².